The lowest BCUT2D eigenvalue weighted by Crippen LogP contribution is -2.38. The third kappa shape index (κ3) is 6.58. The Hall–Kier alpha value is -0.930. The first-order valence-electron chi connectivity index (χ1n) is 5.34. The van der Waals surface area contributed by atoms with Crippen molar-refractivity contribution in [3.8, 4) is 0 Å². The van der Waals surface area contributed by atoms with Gasteiger partial charge in [0.15, 0.2) is 0 Å². The van der Waals surface area contributed by atoms with Crippen LogP contribution in [0.4, 0.5) is 32.0 Å². The molecular weight excluding hydrogens is 342 g/mol. The molecule has 0 aliphatic heterocycles. The Balaban J connectivity index is 2.84. The SMILES string of the molecule is NC(C=Nc1ccc(Cl)c(SCC(F)(F)F)c1)C(F)(F)F. The van der Waals surface area contributed by atoms with Crippen molar-refractivity contribution >= 4 is 35.3 Å². The number of hydrogen-bond acceptors (Lipinski definition) is 3. The predicted octanol–water partition coefficient (Wildman–Crippen LogP) is 4.59. The van der Waals surface area contributed by atoms with Gasteiger partial charge in [0.1, 0.15) is 6.04 Å². The number of benzene rings is 1. The van der Waals surface area contributed by atoms with Gasteiger partial charge in [-0.3, -0.25) is 4.99 Å². The summed E-state index contributed by atoms with van der Waals surface area (Å²) in [4.78, 5) is 3.57. The van der Waals surface area contributed by atoms with Crippen molar-refractivity contribution in [1.29, 1.82) is 0 Å². The maximum absolute atomic E-state index is 12.2. The molecule has 1 unspecified atom stereocenters. The van der Waals surface area contributed by atoms with Crippen LogP contribution in [0.15, 0.2) is 28.1 Å². The van der Waals surface area contributed by atoms with E-state index in [1.54, 1.807) is 0 Å². The van der Waals surface area contributed by atoms with E-state index in [9.17, 15) is 26.3 Å². The molecule has 0 saturated heterocycles. The lowest BCUT2D eigenvalue weighted by Gasteiger charge is -2.10. The summed E-state index contributed by atoms with van der Waals surface area (Å²) in [7, 11) is 0. The maximum atomic E-state index is 12.2. The van der Waals surface area contributed by atoms with Crippen LogP contribution >= 0.6 is 23.4 Å². The van der Waals surface area contributed by atoms with Gasteiger partial charge >= 0.3 is 12.4 Å². The van der Waals surface area contributed by atoms with Gasteiger partial charge < -0.3 is 5.73 Å². The van der Waals surface area contributed by atoms with Gasteiger partial charge in [0.25, 0.3) is 0 Å². The Morgan fingerprint density at radius 2 is 1.86 bits per heavy atom. The molecule has 0 aliphatic rings. The molecular formula is C11H9ClF6N2S. The van der Waals surface area contributed by atoms with E-state index >= 15 is 0 Å². The number of hydrogen-bond donors (Lipinski definition) is 1. The van der Waals surface area contributed by atoms with Crippen molar-refractivity contribution in [2.75, 3.05) is 5.75 Å². The van der Waals surface area contributed by atoms with Gasteiger partial charge in [0.2, 0.25) is 0 Å². The molecule has 0 heterocycles. The second-order valence-corrected chi connectivity index (χ2v) is 5.29. The number of nitrogens with zero attached hydrogens (tertiary/aromatic N) is 1. The Morgan fingerprint density at radius 3 is 2.38 bits per heavy atom. The third-order valence-electron chi connectivity index (χ3n) is 2.07. The Kier molecular flexibility index (Phi) is 5.94. The van der Waals surface area contributed by atoms with Crippen molar-refractivity contribution in [2.45, 2.75) is 23.3 Å². The van der Waals surface area contributed by atoms with Crippen molar-refractivity contribution in [1.82, 2.24) is 0 Å². The third-order valence-corrected chi connectivity index (χ3v) is 3.63. The Labute approximate surface area is 125 Å². The van der Waals surface area contributed by atoms with Crippen LogP contribution in [0.5, 0.6) is 0 Å². The van der Waals surface area contributed by atoms with Crippen LogP contribution in [-0.2, 0) is 0 Å². The fourth-order valence-electron chi connectivity index (χ4n) is 1.09. The van der Waals surface area contributed by atoms with E-state index in [1.807, 2.05) is 0 Å². The summed E-state index contributed by atoms with van der Waals surface area (Å²) in [6.45, 7) is 0. The summed E-state index contributed by atoms with van der Waals surface area (Å²) in [5.41, 5.74) is 4.86. The highest BCUT2D eigenvalue weighted by Gasteiger charge is 2.35. The van der Waals surface area contributed by atoms with Gasteiger partial charge in [-0.1, -0.05) is 11.6 Å². The molecule has 1 aromatic carbocycles. The maximum Gasteiger partial charge on any atom is 0.408 e. The predicted molar refractivity (Wildman–Crippen MR) is 70.4 cm³/mol. The Bertz CT molecular complexity index is 514. The molecule has 1 atom stereocenters. The first kappa shape index (κ1) is 18.1. The first-order valence-corrected chi connectivity index (χ1v) is 6.71. The zero-order valence-electron chi connectivity index (χ0n) is 10.2. The van der Waals surface area contributed by atoms with Gasteiger partial charge in [-0.25, -0.2) is 0 Å². The van der Waals surface area contributed by atoms with E-state index in [0.29, 0.717) is 18.0 Å². The van der Waals surface area contributed by atoms with Crippen LogP contribution in [0.2, 0.25) is 5.02 Å². The number of nitrogens with two attached hydrogens (primary N) is 1. The number of alkyl halides is 6. The zero-order valence-corrected chi connectivity index (χ0v) is 11.7. The van der Waals surface area contributed by atoms with Crippen LogP contribution in [0.1, 0.15) is 0 Å². The molecule has 21 heavy (non-hydrogen) atoms. The summed E-state index contributed by atoms with van der Waals surface area (Å²) < 4.78 is 72.9. The molecule has 118 valence electrons. The quantitative estimate of drug-likeness (QED) is 0.490. The molecule has 0 amide bonds. The average Bonchev–Trinajstić information content (AvgIpc) is 2.33. The summed E-state index contributed by atoms with van der Waals surface area (Å²) in [5.74, 6) is -1.16. The number of aliphatic imine (C=N–C) groups is 1. The van der Waals surface area contributed by atoms with Crippen molar-refractivity contribution in [3.63, 3.8) is 0 Å². The minimum Gasteiger partial charge on any atom is -0.316 e. The van der Waals surface area contributed by atoms with Crippen molar-refractivity contribution in [2.24, 2.45) is 10.7 Å². The van der Waals surface area contributed by atoms with E-state index in [-0.39, 0.29) is 15.6 Å². The van der Waals surface area contributed by atoms with Crippen LogP contribution in [0.3, 0.4) is 0 Å². The minimum absolute atomic E-state index is 0.0313. The van der Waals surface area contributed by atoms with Gasteiger partial charge in [0.05, 0.1) is 16.5 Å². The molecule has 1 aromatic rings. The normalized spacial score (nSPS) is 14.7. The van der Waals surface area contributed by atoms with Crippen LogP contribution in [0, 0.1) is 0 Å². The second-order valence-electron chi connectivity index (χ2n) is 3.86. The largest absolute Gasteiger partial charge is 0.408 e. The van der Waals surface area contributed by atoms with Gasteiger partial charge in [-0.15, -0.1) is 11.8 Å². The van der Waals surface area contributed by atoms with Crippen LogP contribution in [0.25, 0.3) is 0 Å². The molecule has 10 heteroatoms. The van der Waals surface area contributed by atoms with E-state index < -0.39 is 24.1 Å². The highest BCUT2D eigenvalue weighted by molar-refractivity contribution is 7.99. The van der Waals surface area contributed by atoms with Crippen LogP contribution < -0.4 is 5.73 Å². The minimum atomic E-state index is -4.64. The van der Waals surface area contributed by atoms with Crippen LogP contribution in [-0.4, -0.2) is 30.4 Å². The lowest BCUT2D eigenvalue weighted by atomic mass is 10.3. The molecule has 2 nitrogen and oxygen atoms in total. The van der Waals surface area contributed by atoms with Gasteiger partial charge in [0, 0.05) is 11.1 Å². The average molecular weight is 351 g/mol. The number of thioether (sulfide) groups is 1. The van der Waals surface area contributed by atoms with E-state index in [2.05, 4.69) is 4.99 Å². The second kappa shape index (κ2) is 6.89. The van der Waals surface area contributed by atoms with E-state index in [4.69, 9.17) is 17.3 Å². The molecule has 1 rings (SSSR count). The fraction of sp³-hybridized carbons (Fsp3) is 0.364. The molecule has 0 fully saturated rings. The summed E-state index contributed by atoms with van der Waals surface area (Å²) in [5, 5.41) is 0.0586. The highest BCUT2D eigenvalue weighted by Crippen LogP contribution is 2.34. The number of halogens is 7. The first-order chi connectivity index (χ1) is 9.49. The van der Waals surface area contributed by atoms with E-state index in [0.717, 1.165) is 0 Å². The standard InChI is InChI=1S/C11H9ClF6N2S/c12-7-2-1-6(20-4-9(19)11(16,17)18)3-8(7)21-5-10(13,14)15/h1-4,9H,5,19H2. The molecule has 0 spiro atoms. The molecule has 0 aromatic heterocycles. The zero-order chi connectivity index (χ0) is 16.3. The number of rotatable bonds is 4. The topological polar surface area (TPSA) is 38.4 Å². The van der Waals surface area contributed by atoms with E-state index in [1.165, 1.54) is 18.2 Å². The Morgan fingerprint density at radius 1 is 1.24 bits per heavy atom. The van der Waals surface area contributed by atoms with Gasteiger partial charge in [-0.05, 0) is 18.2 Å². The van der Waals surface area contributed by atoms with Gasteiger partial charge in [-0.2, -0.15) is 26.3 Å². The monoisotopic (exact) mass is 350 g/mol. The summed E-state index contributed by atoms with van der Waals surface area (Å²) in [6, 6.07) is 1.45. The highest BCUT2D eigenvalue weighted by atomic mass is 35.5. The smallest absolute Gasteiger partial charge is 0.316 e. The molecule has 0 bridgehead atoms. The molecule has 0 saturated carbocycles. The summed E-state index contributed by atoms with van der Waals surface area (Å²) in [6.07, 6.45) is -8.54. The fourth-order valence-corrected chi connectivity index (χ4v) is 2.10. The molecule has 2 N–H and O–H groups in total. The molecule has 0 aliphatic carbocycles. The molecule has 0 radical (unpaired) electrons. The van der Waals surface area contributed by atoms with Crippen molar-refractivity contribution < 1.29 is 26.3 Å². The lowest BCUT2D eigenvalue weighted by molar-refractivity contribution is -0.131. The summed E-state index contributed by atoms with van der Waals surface area (Å²) >= 11 is 6.14. The van der Waals surface area contributed by atoms with Crippen molar-refractivity contribution in [3.05, 3.63) is 23.2 Å².